The summed E-state index contributed by atoms with van der Waals surface area (Å²) in [6.07, 6.45) is 8.27. The number of aryl methyl sites for hydroxylation is 1. The smallest absolute Gasteiger partial charge is 0.0296 e. The molecule has 0 aliphatic heterocycles. The van der Waals surface area contributed by atoms with Crippen molar-refractivity contribution in [1.82, 2.24) is 0 Å². The second-order valence-corrected chi connectivity index (χ2v) is 8.73. The van der Waals surface area contributed by atoms with Gasteiger partial charge in [-0.05, 0) is 66.0 Å². The highest BCUT2D eigenvalue weighted by molar-refractivity contribution is 5.72. The Balaban J connectivity index is 1.64. The van der Waals surface area contributed by atoms with Gasteiger partial charge in [0, 0.05) is 5.92 Å². The molecule has 0 saturated heterocycles. The maximum absolute atomic E-state index is 4.49. The first-order valence-corrected chi connectivity index (χ1v) is 11.9. The Labute approximate surface area is 200 Å². The van der Waals surface area contributed by atoms with Gasteiger partial charge in [-0.25, -0.2) is 0 Å². The van der Waals surface area contributed by atoms with Crippen LogP contribution < -0.4 is 0 Å². The molecule has 168 valence electrons. The van der Waals surface area contributed by atoms with Gasteiger partial charge in [0.15, 0.2) is 0 Å². The Morgan fingerprint density at radius 2 is 1.48 bits per heavy atom. The number of hydrogen-bond donors (Lipinski definition) is 0. The fourth-order valence-electron chi connectivity index (χ4n) is 4.35. The minimum absolute atomic E-state index is 0.108. The number of allylic oxidation sites excluding steroid dienone is 4. The highest BCUT2D eigenvalue weighted by atomic mass is 14.2. The minimum Gasteiger partial charge on any atom is -0.0995 e. The monoisotopic (exact) mass is 432 g/mol. The van der Waals surface area contributed by atoms with Crippen LogP contribution in [0.1, 0.15) is 59.9 Å². The van der Waals surface area contributed by atoms with Crippen LogP contribution in [-0.2, 0) is 6.42 Å². The van der Waals surface area contributed by atoms with Gasteiger partial charge in [-0.2, -0.15) is 0 Å². The number of hydrogen-bond acceptors (Lipinski definition) is 0. The molecule has 3 aromatic carbocycles. The highest BCUT2D eigenvalue weighted by Gasteiger charge is 2.19. The lowest BCUT2D eigenvalue weighted by Gasteiger charge is -2.23. The van der Waals surface area contributed by atoms with E-state index in [1.54, 1.807) is 0 Å². The van der Waals surface area contributed by atoms with E-state index in [9.17, 15) is 0 Å². The SMILES string of the molecule is C=C(C/C=C/c1cccc(CC)c1C)CCC(=C)C(C(=C)c1ccccc1)c1ccccc1. The third-order valence-corrected chi connectivity index (χ3v) is 6.41. The molecule has 0 aliphatic carbocycles. The molecule has 0 spiro atoms. The van der Waals surface area contributed by atoms with Gasteiger partial charge in [-0.3, -0.25) is 0 Å². The van der Waals surface area contributed by atoms with Crippen molar-refractivity contribution in [2.24, 2.45) is 0 Å². The van der Waals surface area contributed by atoms with Crippen molar-refractivity contribution in [2.45, 2.75) is 45.4 Å². The molecule has 0 bridgehead atoms. The first-order chi connectivity index (χ1) is 16.0. The fraction of sp³-hybridized carbons (Fsp3) is 0.212. The molecule has 0 fully saturated rings. The van der Waals surface area contributed by atoms with Crippen LogP contribution >= 0.6 is 0 Å². The van der Waals surface area contributed by atoms with Crippen LogP contribution in [0.2, 0.25) is 0 Å². The Hall–Kier alpha value is -3.38. The van der Waals surface area contributed by atoms with E-state index in [-0.39, 0.29) is 5.92 Å². The van der Waals surface area contributed by atoms with Gasteiger partial charge in [0.05, 0.1) is 0 Å². The minimum atomic E-state index is 0.108. The second-order valence-electron chi connectivity index (χ2n) is 8.73. The molecule has 0 saturated carbocycles. The van der Waals surface area contributed by atoms with Crippen LogP contribution in [-0.4, -0.2) is 0 Å². The van der Waals surface area contributed by atoms with Gasteiger partial charge in [-0.15, -0.1) is 0 Å². The standard InChI is InChI=1S/C33H36/c1-6-29-20-14-22-30(27(29)4)21-13-15-25(2)23-24-26(3)33(32-18-11-8-12-19-32)28(5)31-16-9-7-10-17-31/h7-14,16-22,33H,2-3,5-6,15,23-24H2,1,4H3/b21-13+. The van der Waals surface area contributed by atoms with E-state index in [1.165, 1.54) is 39.0 Å². The summed E-state index contributed by atoms with van der Waals surface area (Å²) in [4.78, 5) is 0. The summed E-state index contributed by atoms with van der Waals surface area (Å²) in [6, 6.07) is 27.6. The van der Waals surface area contributed by atoms with E-state index in [0.29, 0.717) is 0 Å². The average Bonchev–Trinajstić information content (AvgIpc) is 2.85. The molecule has 0 heteroatoms. The molecular weight excluding hydrogens is 396 g/mol. The molecule has 0 radical (unpaired) electrons. The summed E-state index contributed by atoms with van der Waals surface area (Å²) < 4.78 is 0. The summed E-state index contributed by atoms with van der Waals surface area (Å²) in [5.41, 5.74) is 10.0. The summed E-state index contributed by atoms with van der Waals surface area (Å²) in [5.74, 6) is 0.108. The van der Waals surface area contributed by atoms with E-state index in [4.69, 9.17) is 0 Å². The van der Waals surface area contributed by atoms with E-state index in [0.717, 1.165) is 31.3 Å². The summed E-state index contributed by atoms with van der Waals surface area (Å²) in [7, 11) is 0. The van der Waals surface area contributed by atoms with Crippen LogP contribution in [0.25, 0.3) is 11.6 Å². The van der Waals surface area contributed by atoms with E-state index in [1.807, 2.05) is 6.07 Å². The number of benzene rings is 3. The second kappa shape index (κ2) is 12.0. The molecule has 0 aliphatic rings. The van der Waals surface area contributed by atoms with Gasteiger partial charge < -0.3 is 0 Å². The molecular formula is C33H36. The zero-order valence-electron chi connectivity index (χ0n) is 20.2. The lowest BCUT2D eigenvalue weighted by molar-refractivity contribution is 0.842. The summed E-state index contributed by atoms with van der Waals surface area (Å²) in [6.45, 7) is 17.7. The normalized spacial score (nSPS) is 11.9. The third kappa shape index (κ3) is 6.56. The molecule has 0 amide bonds. The Morgan fingerprint density at radius 1 is 0.818 bits per heavy atom. The molecule has 0 N–H and O–H groups in total. The van der Waals surface area contributed by atoms with Crippen molar-refractivity contribution in [3.63, 3.8) is 0 Å². The Bertz CT molecular complexity index is 1110. The predicted molar refractivity (Wildman–Crippen MR) is 146 cm³/mol. The van der Waals surface area contributed by atoms with Crippen LogP contribution in [0.15, 0.2) is 116 Å². The van der Waals surface area contributed by atoms with E-state index in [2.05, 4.69) is 119 Å². The lowest BCUT2D eigenvalue weighted by Crippen LogP contribution is -2.05. The van der Waals surface area contributed by atoms with Gasteiger partial charge in [0.1, 0.15) is 0 Å². The van der Waals surface area contributed by atoms with Gasteiger partial charge in [-0.1, -0.05) is 129 Å². The quantitative estimate of drug-likeness (QED) is 0.265. The van der Waals surface area contributed by atoms with Gasteiger partial charge >= 0.3 is 0 Å². The van der Waals surface area contributed by atoms with Crippen molar-refractivity contribution in [1.29, 1.82) is 0 Å². The number of rotatable bonds is 11. The molecule has 0 aromatic heterocycles. The largest absolute Gasteiger partial charge is 0.0995 e. The molecule has 1 atom stereocenters. The van der Waals surface area contributed by atoms with Crippen molar-refractivity contribution < 1.29 is 0 Å². The molecule has 3 rings (SSSR count). The fourth-order valence-corrected chi connectivity index (χ4v) is 4.35. The predicted octanol–water partition coefficient (Wildman–Crippen LogP) is 9.35. The van der Waals surface area contributed by atoms with Crippen molar-refractivity contribution in [2.75, 3.05) is 0 Å². The Morgan fingerprint density at radius 3 is 2.15 bits per heavy atom. The van der Waals surface area contributed by atoms with Crippen LogP contribution in [0.3, 0.4) is 0 Å². The van der Waals surface area contributed by atoms with Gasteiger partial charge in [0.25, 0.3) is 0 Å². The third-order valence-electron chi connectivity index (χ3n) is 6.41. The topological polar surface area (TPSA) is 0 Å². The maximum Gasteiger partial charge on any atom is 0.0296 e. The zero-order valence-corrected chi connectivity index (χ0v) is 20.2. The van der Waals surface area contributed by atoms with Crippen molar-refractivity contribution >= 4 is 11.6 Å². The molecule has 0 heterocycles. The zero-order chi connectivity index (χ0) is 23.6. The summed E-state index contributed by atoms with van der Waals surface area (Å²) in [5, 5.41) is 0. The molecule has 0 nitrogen and oxygen atoms in total. The first kappa shape index (κ1) is 24.3. The lowest BCUT2D eigenvalue weighted by atomic mass is 9.81. The first-order valence-electron chi connectivity index (χ1n) is 11.9. The van der Waals surface area contributed by atoms with E-state index < -0.39 is 0 Å². The van der Waals surface area contributed by atoms with Crippen LogP contribution in [0, 0.1) is 6.92 Å². The molecule has 3 aromatic rings. The summed E-state index contributed by atoms with van der Waals surface area (Å²) >= 11 is 0. The van der Waals surface area contributed by atoms with Crippen molar-refractivity contribution in [3.05, 3.63) is 144 Å². The van der Waals surface area contributed by atoms with Crippen LogP contribution in [0.5, 0.6) is 0 Å². The highest BCUT2D eigenvalue weighted by Crippen LogP contribution is 2.38. The maximum atomic E-state index is 4.49. The van der Waals surface area contributed by atoms with Crippen LogP contribution in [0.4, 0.5) is 0 Å². The Kier molecular flexibility index (Phi) is 8.84. The molecule has 33 heavy (non-hydrogen) atoms. The molecule has 1 unspecified atom stereocenters. The average molecular weight is 433 g/mol. The van der Waals surface area contributed by atoms with Gasteiger partial charge in [0.2, 0.25) is 0 Å². The van der Waals surface area contributed by atoms with E-state index >= 15 is 0 Å². The van der Waals surface area contributed by atoms with Crippen molar-refractivity contribution in [3.8, 4) is 0 Å².